The minimum absolute atomic E-state index is 0.517. The number of benzene rings is 2. The number of aryl methyl sites for hydroxylation is 1. The summed E-state index contributed by atoms with van der Waals surface area (Å²) < 4.78 is 1.22. The van der Waals surface area contributed by atoms with E-state index in [9.17, 15) is 0 Å². The van der Waals surface area contributed by atoms with E-state index in [1.54, 1.807) is 0 Å². The molecular formula is C19H22BrN. The van der Waals surface area contributed by atoms with Crippen molar-refractivity contribution in [3.05, 3.63) is 69.7 Å². The third kappa shape index (κ3) is 4.18. The lowest BCUT2D eigenvalue weighted by atomic mass is 9.91. The minimum Gasteiger partial charge on any atom is -0.313 e. The maximum Gasteiger partial charge on any atom is 0.0210 e. The van der Waals surface area contributed by atoms with Crippen molar-refractivity contribution >= 4 is 15.9 Å². The van der Waals surface area contributed by atoms with E-state index in [-0.39, 0.29) is 0 Å². The number of rotatable bonds is 6. The average Bonchev–Trinajstić information content (AvgIpc) is 3.28. The zero-order valence-corrected chi connectivity index (χ0v) is 14.1. The van der Waals surface area contributed by atoms with Crippen LogP contribution in [0.25, 0.3) is 0 Å². The Morgan fingerprint density at radius 2 is 1.95 bits per heavy atom. The van der Waals surface area contributed by atoms with Crippen LogP contribution in [-0.4, -0.2) is 12.6 Å². The fourth-order valence-corrected chi connectivity index (χ4v) is 3.43. The van der Waals surface area contributed by atoms with Gasteiger partial charge in [0.15, 0.2) is 0 Å². The van der Waals surface area contributed by atoms with Crippen LogP contribution in [0.5, 0.6) is 0 Å². The molecular weight excluding hydrogens is 322 g/mol. The van der Waals surface area contributed by atoms with Crippen LogP contribution in [0, 0.1) is 6.92 Å². The first-order valence-corrected chi connectivity index (χ1v) is 8.55. The maximum atomic E-state index is 3.72. The smallest absolute Gasteiger partial charge is 0.0210 e. The standard InChI is InChI=1S/C19H22BrN/c1-14-5-4-6-15(11-14)12-16(13-21-17-9-10-17)18-7-2-3-8-19(18)20/h2-8,11,16-17,21H,9-10,12-13H2,1H3. The molecule has 0 amide bonds. The maximum absolute atomic E-state index is 3.72. The zero-order chi connectivity index (χ0) is 14.7. The molecule has 21 heavy (non-hydrogen) atoms. The summed E-state index contributed by atoms with van der Waals surface area (Å²) in [7, 11) is 0. The van der Waals surface area contributed by atoms with Crippen LogP contribution in [0.1, 0.15) is 35.4 Å². The molecule has 0 aromatic heterocycles. The second kappa shape index (κ2) is 6.76. The summed E-state index contributed by atoms with van der Waals surface area (Å²) in [5, 5.41) is 3.70. The fraction of sp³-hybridized carbons (Fsp3) is 0.368. The van der Waals surface area contributed by atoms with Crippen LogP contribution in [0.15, 0.2) is 53.0 Å². The summed E-state index contributed by atoms with van der Waals surface area (Å²) >= 11 is 3.72. The van der Waals surface area contributed by atoms with Gasteiger partial charge in [-0.25, -0.2) is 0 Å². The molecule has 0 radical (unpaired) electrons. The Kier molecular flexibility index (Phi) is 4.77. The lowest BCUT2D eigenvalue weighted by molar-refractivity contribution is 0.575. The van der Waals surface area contributed by atoms with Crippen LogP contribution in [0.2, 0.25) is 0 Å². The quantitative estimate of drug-likeness (QED) is 0.791. The van der Waals surface area contributed by atoms with Gasteiger partial charge in [-0.15, -0.1) is 0 Å². The summed E-state index contributed by atoms with van der Waals surface area (Å²) in [6.45, 7) is 3.22. The van der Waals surface area contributed by atoms with E-state index in [4.69, 9.17) is 0 Å². The molecule has 1 fully saturated rings. The Morgan fingerprint density at radius 1 is 1.14 bits per heavy atom. The van der Waals surface area contributed by atoms with Gasteiger partial charge in [-0.1, -0.05) is 64.0 Å². The van der Waals surface area contributed by atoms with Gasteiger partial charge in [0, 0.05) is 23.0 Å². The predicted molar refractivity (Wildman–Crippen MR) is 92.8 cm³/mol. The molecule has 1 atom stereocenters. The highest BCUT2D eigenvalue weighted by Gasteiger charge is 2.23. The van der Waals surface area contributed by atoms with E-state index in [1.165, 1.54) is 34.0 Å². The summed E-state index contributed by atoms with van der Waals surface area (Å²) in [6, 6.07) is 18.3. The topological polar surface area (TPSA) is 12.0 Å². The molecule has 2 aromatic rings. The van der Waals surface area contributed by atoms with Gasteiger partial charge in [0.05, 0.1) is 0 Å². The normalized spacial score (nSPS) is 15.9. The Hall–Kier alpha value is -1.12. The van der Waals surface area contributed by atoms with Gasteiger partial charge in [-0.3, -0.25) is 0 Å². The molecule has 3 rings (SSSR count). The number of nitrogens with one attached hydrogen (secondary N) is 1. The molecule has 1 saturated carbocycles. The SMILES string of the molecule is Cc1cccc(CC(CNC2CC2)c2ccccc2Br)c1. The van der Waals surface area contributed by atoms with E-state index in [0.29, 0.717) is 5.92 Å². The van der Waals surface area contributed by atoms with Crippen molar-refractivity contribution in [2.24, 2.45) is 0 Å². The molecule has 1 aliphatic carbocycles. The Labute approximate surface area is 135 Å². The summed E-state index contributed by atoms with van der Waals surface area (Å²) in [6.07, 6.45) is 3.77. The number of hydrogen-bond donors (Lipinski definition) is 1. The molecule has 2 aromatic carbocycles. The molecule has 0 saturated heterocycles. The second-order valence-electron chi connectivity index (χ2n) is 6.09. The molecule has 1 unspecified atom stereocenters. The van der Waals surface area contributed by atoms with E-state index < -0.39 is 0 Å². The van der Waals surface area contributed by atoms with Crippen molar-refractivity contribution < 1.29 is 0 Å². The lowest BCUT2D eigenvalue weighted by Gasteiger charge is -2.20. The molecule has 0 bridgehead atoms. The Balaban J connectivity index is 1.79. The monoisotopic (exact) mass is 343 g/mol. The van der Waals surface area contributed by atoms with Gasteiger partial charge in [-0.2, -0.15) is 0 Å². The minimum atomic E-state index is 0.517. The van der Waals surface area contributed by atoms with Crippen LogP contribution in [-0.2, 0) is 6.42 Å². The van der Waals surface area contributed by atoms with Crippen molar-refractivity contribution in [3.8, 4) is 0 Å². The lowest BCUT2D eigenvalue weighted by Crippen LogP contribution is -2.25. The van der Waals surface area contributed by atoms with Gasteiger partial charge in [-0.05, 0) is 43.4 Å². The summed E-state index contributed by atoms with van der Waals surface area (Å²) in [5.41, 5.74) is 4.18. The van der Waals surface area contributed by atoms with E-state index in [2.05, 4.69) is 76.7 Å². The third-order valence-electron chi connectivity index (χ3n) is 4.14. The predicted octanol–water partition coefficient (Wildman–Crippen LogP) is 4.84. The highest BCUT2D eigenvalue weighted by Crippen LogP contribution is 2.29. The van der Waals surface area contributed by atoms with Crippen molar-refractivity contribution in [3.63, 3.8) is 0 Å². The Morgan fingerprint density at radius 3 is 2.67 bits per heavy atom. The second-order valence-corrected chi connectivity index (χ2v) is 6.95. The zero-order valence-electron chi connectivity index (χ0n) is 12.5. The van der Waals surface area contributed by atoms with Gasteiger partial charge in [0.2, 0.25) is 0 Å². The Bertz CT molecular complexity index is 604. The first-order chi connectivity index (χ1) is 10.2. The van der Waals surface area contributed by atoms with Gasteiger partial charge in [0.1, 0.15) is 0 Å². The largest absolute Gasteiger partial charge is 0.313 e. The number of halogens is 1. The molecule has 110 valence electrons. The van der Waals surface area contributed by atoms with Crippen LogP contribution in [0.3, 0.4) is 0 Å². The van der Waals surface area contributed by atoms with E-state index in [0.717, 1.165) is 19.0 Å². The highest BCUT2D eigenvalue weighted by atomic mass is 79.9. The summed E-state index contributed by atoms with van der Waals surface area (Å²) in [4.78, 5) is 0. The summed E-state index contributed by atoms with van der Waals surface area (Å²) in [5.74, 6) is 0.517. The van der Waals surface area contributed by atoms with E-state index in [1.807, 2.05) is 0 Å². The van der Waals surface area contributed by atoms with Gasteiger partial charge >= 0.3 is 0 Å². The van der Waals surface area contributed by atoms with Crippen LogP contribution < -0.4 is 5.32 Å². The van der Waals surface area contributed by atoms with Crippen molar-refractivity contribution in [2.75, 3.05) is 6.54 Å². The molecule has 2 heteroatoms. The average molecular weight is 344 g/mol. The van der Waals surface area contributed by atoms with Gasteiger partial charge < -0.3 is 5.32 Å². The molecule has 1 aliphatic rings. The van der Waals surface area contributed by atoms with Crippen LogP contribution in [0.4, 0.5) is 0 Å². The first-order valence-electron chi connectivity index (χ1n) is 7.76. The van der Waals surface area contributed by atoms with Crippen molar-refractivity contribution in [1.82, 2.24) is 5.32 Å². The van der Waals surface area contributed by atoms with Crippen molar-refractivity contribution in [1.29, 1.82) is 0 Å². The molecule has 0 heterocycles. The van der Waals surface area contributed by atoms with Crippen LogP contribution >= 0.6 is 15.9 Å². The molecule has 1 nitrogen and oxygen atoms in total. The third-order valence-corrected chi connectivity index (χ3v) is 4.86. The van der Waals surface area contributed by atoms with Gasteiger partial charge in [0.25, 0.3) is 0 Å². The first kappa shape index (κ1) is 14.8. The highest BCUT2D eigenvalue weighted by molar-refractivity contribution is 9.10. The fourth-order valence-electron chi connectivity index (χ4n) is 2.82. The molecule has 1 N–H and O–H groups in total. The molecule has 0 aliphatic heterocycles. The van der Waals surface area contributed by atoms with Crippen molar-refractivity contribution in [2.45, 2.75) is 38.1 Å². The molecule has 0 spiro atoms. The van der Waals surface area contributed by atoms with E-state index >= 15 is 0 Å². The number of hydrogen-bond acceptors (Lipinski definition) is 1.